The summed E-state index contributed by atoms with van der Waals surface area (Å²) in [5.41, 5.74) is 19.5. The zero-order valence-corrected chi connectivity index (χ0v) is 36.4. The molecule has 0 heteroatoms. The van der Waals surface area contributed by atoms with E-state index in [0.717, 1.165) is 0 Å². The highest BCUT2D eigenvalue weighted by atomic mass is 14.2. The lowest BCUT2D eigenvalue weighted by Gasteiger charge is -2.20. The molecule has 0 fully saturated rings. The minimum atomic E-state index is 1.19. The quantitative estimate of drug-likeness (QED) is 0.134. The van der Waals surface area contributed by atoms with Crippen LogP contribution in [0.4, 0.5) is 0 Å². The van der Waals surface area contributed by atoms with Crippen molar-refractivity contribution in [3.8, 4) is 89.0 Å². The maximum Gasteiger partial charge on any atom is -0.00201 e. The van der Waals surface area contributed by atoms with Crippen molar-refractivity contribution in [3.63, 3.8) is 0 Å². The summed E-state index contributed by atoms with van der Waals surface area (Å²) in [5, 5.41) is 7.45. The van der Waals surface area contributed by atoms with E-state index < -0.39 is 0 Å². The molecule has 0 N–H and O–H groups in total. The Morgan fingerprint density at radius 2 is 0.439 bits per heavy atom. The second-order valence-corrected chi connectivity index (χ2v) is 17.1. The van der Waals surface area contributed by atoms with Crippen LogP contribution in [0.3, 0.4) is 0 Å². The third-order valence-electron chi connectivity index (χ3n) is 13.3. The molecular formula is C66H44. The molecule has 0 unspecified atom stereocenters. The summed E-state index contributed by atoms with van der Waals surface area (Å²) in [7, 11) is 0. The van der Waals surface area contributed by atoms with Gasteiger partial charge in [0.1, 0.15) is 0 Å². The van der Waals surface area contributed by atoms with Crippen LogP contribution >= 0.6 is 0 Å². The van der Waals surface area contributed by atoms with E-state index in [2.05, 4.69) is 267 Å². The first kappa shape index (κ1) is 39.0. The van der Waals surface area contributed by atoms with E-state index in [1.54, 1.807) is 0 Å². The largest absolute Gasteiger partial charge is 0.0622 e. The van der Waals surface area contributed by atoms with Crippen LogP contribution in [-0.4, -0.2) is 0 Å². The maximum atomic E-state index is 2.37. The monoisotopic (exact) mass is 836 g/mol. The molecule has 12 rings (SSSR count). The SMILES string of the molecule is c1ccc(-c2ccc(-c3ccc(-c4c5ccccc5c(-c5ccc(-c6ccc(-c7ccccc7)cc6-c6ccccc6)c6ccccc56)c5ccccc45)cc3)c(-c3ccccc3)c2)cc1. The van der Waals surface area contributed by atoms with Gasteiger partial charge in [-0.25, -0.2) is 0 Å². The Morgan fingerprint density at radius 3 is 0.924 bits per heavy atom. The summed E-state index contributed by atoms with van der Waals surface area (Å²) in [6.07, 6.45) is 0. The van der Waals surface area contributed by atoms with E-state index in [1.807, 2.05) is 0 Å². The molecule has 0 aliphatic rings. The van der Waals surface area contributed by atoms with Crippen LogP contribution in [0.25, 0.3) is 121 Å². The van der Waals surface area contributed by atoms with Crippen molar-refractivity contribution in [3.05, 3.63) is 267 Å². The molecule has 0 amide bonds. The fraction of sp³-hybridized carbons (Fsp3) is 0. The van der Waals surface area contributed by atoms with Crippen molar-refractivity contribution in [2.75, 3.05) is 0 Å². The van der Waals surface area contributed by atoms with Gasteiger partial charge < -0.3 is 0 Å². The number of fused-ring (bicyclic) bond motifs is 3. The van der Waals surface area contributed by atoms with Crippen LogP contribution in [0.15, 0.2) is 267 Å². The van der Waals surface area contributed by atoms with Crippen molar-refractivity contribution in [1.29, 1.82) is 0 Å². The molecule has 0 atom stereocenters. The zero-order chi connectivity index (χ0) is 43.8. The second-order valence-electron chi connectivity index (χ2n) is 17.1. The van der Waals surface area contributed by atoms with Gasteiger partial charge in [-0.1, -0.05) is 255 Å². The third-order valence-corrected chi connectivity index (χ3v) is 13.3. The first-order valence-electron chi connectivity index (χ1n) is 22.8. The maximum absolute atomic E-state index is 2.37. The molecule has 66 heavy (non-hydrogen) atoms. The number of rotatable bonds is 8. The fourth-order valence-electron chi connectivity index (χ4n) is 10.2. The van der Waals surface area contributed by atoms with Gasteiger partial charge in [0, 0.05) is 0 Å². The average Bonchev–Trinajstić information content (AvgIpc) is 3.41. The molecular weight excluding hydrogens is 793 g/mol. The van der Waals surface area contributed by atoms with E-state index in [1.165, 1.54) is 121 Å². The molecule has 0 aliphatic heterocycles. The first-order chi connectivity index (χ1) is 32.8. The van der Waals surface area contributed by atoms with Gasteiger partial charge >= 0.3 is 0 Å². The van der Waals surface area contributed by atoms with Crippen LogP contribution in [0.2, 0.25) is 0 Å². The Hall–Kier alpha value is -8.58. The molecule has 0 radical (unpaired) electrons. The molecule has 12 aromatic rings. The molecule has 0 aliphatic carbocycles. The Balaban J connectivity index is 1.01. The van der Waals surface area contributed by atoms with Gasteiger partial charge in [-0.2, -0.15) is 0 Å². The normalized spacial score (nSPS) is 11.3. The van der Waals surface area contributed by atoms with E-state index in [4.69, 9.17) is 0 Å². The topological polar surface area (TPSA) is 0 Å². The van der Waals surface area contributed by atoms with Crippen molar-refractivity contribution < 1.29 is 0 Å². The van der Waals surface area contributed by atoms with E-state index in [-0.39, 0.29) is 0 Å². The molecule has 12 aromatic carbocycles. The van der Waals surface area contributed by atoms with E-state index in [9.17, 15) is 0 Å². The van der Waals surface area contributed by atoms with Gasteiger partial charge in [-0.05, 0) is 133 Å². The summed E-state index contributed by atoms with van der Waals surface area (Å²) in [5.74, 6) is 0. The standard InChI is InChI=1S/C66H44/c1-5-19-45(20-6-1)51-37-39-53(63(43-51)47-23-9-3-10-24-47)49-33-35-50(36-34-49)65-58-29-15-17-31-60(58)66(61-32-18-16-30-59(61)65)62-42-41-56(54-27-13-14-28-55(54)62)57-40-38-52(46-21-7-2-8-22-46)44-64(57)48-25-11-4-12-26-48/h1-44H. The summed E-state index contributed by atoms with van der Waals surface area (Å²) in [4.78, 5) is 0. The van der Waals surface area contributed by atoms with E-state index >= 15 is 0 Å². The molecule has 0 spiro atoms. The van der Waals surface area contributed by atoms with E-state index in [0.29, 0.717) is 0 Å². The predicted octanol–water partition coefficient (Wildman–Crippen LogP) is 18.5. The third kappa shape index (κ3) is 6.97. The smallest absolute Gasteiger partial charge is 0.00201 e. The highest BCUT2D eigenvalue weighted by molar-refractivity contribution is 6.24. The van der Waals surface area contributed by atoms with Gasteiger partial charge in [0.25, 0.3) is 0 Å². The molecule has 0 aromatic heterocycles. The summed E-state index contributed by atoms with van der Waals surface area (Å²) < 4.78 is 0. The highest BCUT2D eigenvalue weighted by Crippen LogP contribution is 2.48. The lowest BCUT2D eigenvalue weighted by molar-refractivity contribution is 1.56. The molecule has 0 saturated heterocycles. The molecule has 0 bridgehead atoms. The molecule has 0 nitrogen and oxygen atoms in total. The molecule has 308 valence electrons. The Kier molecular flexibility index (Phi) is 9.97. The van der Waals surface area contributed by atoms with Crippen LogP contribution < -0.4 is 0 Å². The van der Waals surface area contributed by atoms with Crippen molar-refractivity contribution in [2.45, 2.75) is 0 Å². The minimum absolute atomic E-state index is 1.19. The Morgan fingerprint density at radius 1 is 0.136 bits per heavy atom. The van der Waals surface area contributed by atoms with Crippen LogP contribution in [0.5, 0.6) is 0 Å². The Labute approximate surface area is 386 Å². The van der Waals surface area contributed by atoms with Crippen molar-refractivity contribution >= 4 is 32.3 Å². The lowest BCUT2D eigenvalue weighted by atomic mass is 9.83. The summed E-state index contributed by atoms with van der Waals surface area (Å²) in [6.45, 7) is 0. The predicted molar refractivity (Wildman–Crippen MR) is 282 cm³/mol. The van der Waals surface area contributed by atoms with Crippen molar-refractivity contribution in [1.82, 2.24) is 0 Å². The minimum Gasteiger partial charge on any atom is -0.0622 e. The van der Waals surface area contributed by atoms with Crippen LogP contribution in [0, 0.1) is 0 Å². The van der Waals surface area contributed by atoms with Gasteiger partial charge in [-0.3, -0.25) is 0 Å². The molecule has 0 saturated carbocycles. The van der Waals surface area contributed by atoms with Crippen molar-refractivity contribution in [2.24, 2.45) is 0 Å². The fourth-order valence-corrected chi connectivity index (χ4v) is 10.2. The number of hydrogen-bond donors (Lipinski definition) is 0. The zero-order valence-electron chi connectivity index (χ0n) is 36.4. The van der Waals surface area contributed by atoms with Gasteiger partial charge in [-0.15, -0.1) is 0 Å². The molecule has 0 heterocycles. The van der Waals surface area contributed by atoms with Gasteiger partial charge in [0.15, 0.2) is 0 Å². The Bertz CT molecular complexity index is 3640. The number of hydrogen-bond acceptors (Lipinski definition) is 0. The van der Waals surface area contributed by atoms with Crippen LogP contribution in [-0.2, 0) is 0 Å². The number of benzene rings is 12. The van der Waals surface area contributed by atoms with Gasteiger partial charge in [0.05, 0.1) is 0 Å². The summed E-state index contributed by atoms with van der Waals surface area (Å²) in [6, 6.07) is 97.7. The lowest BCUT2D eigenvalue weighted by Crippen LogP contribution is -1.93. The van der Waals surface area contributed by atoms with Gasteiger partial charge in [0.2, 0.25) is 0 Å². The average molecular weight is 837 g/mol. The van der Waals surface area contributed by atoms with Crippen LogP contribution in [0.1, 0.15) is 0 Å². The second kappa shape index (κ2) is 16.8. The first-order valence-corrected chi connectivity index (χ1v) is 22.8. The summed E-state index contributed by atoms with van der Waals surface area (Å²) >= 11 is 0. The highest BCUT2D eigenvalue weighted by Gasteiger charge is 2.21.